The molecule has 0 saturated carbocycles. The summed E-state index contributed by atoms with van der Waals surface area (Å²) in [6.07, 6.45) is 3.25. The van der Waals surface area contributed by atoms with Crippen molar-refractivity contribution in [2.24, 2.45) is 7.05 Å². The number of aryl methyl sites for hydroxylation is 1. The predicted octanol–water partition coefficient (Wildman–Crippen LogP) is 2.83. The van der Waals surface area contributed by atoms with Crippen molar-refractivity contribution >= 4 is 21.6 Å². The number of fused-ring (bicyclic) bond motifs is 1. The number of nitrogens with zero attached hydrogens (tertiary/aromatic N) is 4. The van der Waals surface area contributed by atoms with E-state index in [9.17, 15) is 4.79 Å². The summed E-state index contributed by atoms with van der Waals surface area (Å²) in [5.74, 6) is 0. The van der Waals surface area contributed by atoms with Gasteiger partial charge in [-0.15, -0.1) is 0 Å². The Balaban J connectivity index is 1.91. The van der Waals surface area contributed by atoms with Crippen molar-refractivity contribution in [3.05, 3.63) is 82.0 Å². The molecule has 2 aromatic carbocycles. The molecule has 1 unspecified atom stereocenters. The molecule has 6 heteroatoms. The van der Waals surface area contributed by atoms with Gasteiger partial charge in [0.1, 0.15) is 18.7 Å². The van der Waals surface area contributed by atoms with E-state index < -0.39 is 0 Å². The van der Waals surface area contributed by atoms with Crippen molar-refractivity contribution in [3.8, 4) is 0 Å². The molecular weight excluding hydrogens is 308 g/mol. The van der Waals surface area contributed by atoms with Crippen LogP contribution in [0.25, 0.3) is 10.2 Å². The Labute approximate surface area is 136 Å². The molecule has 23 heavy (non-hydrogen) atoms. The minimum Gasteiger partial charge on any atom is -0.302 e. The third kappa shape index (κ3) is 2.37. The molecular formula is C17H14N4OS. The Kier molecular flexibility index (Phi) is 3.31. The molecule has 0 aliphatic carbocycles. The Hall–Kier alpha value is -2.73. The first-order valence-corrected chi connectivity index (χ1v) is 8.04. The summed E-state index contributed by atoms with van der Waals surface area (Å²) in [4.78, 5) is 16.0. The lowest BCUT2D eigenvalue weighted by molar-refractivity contribution is 0.594. The van der Waals surface area contributed by atoms with Crippen molar-refractivity contribution in [2.75, 3.05) is 0 Å². The first-order chi connectivity index (χ1) is 11.2. The third-order valence-corrected chi connectivity index (χ3v) is 4.94. The highest BCUT2D eigenvalue weighted by Gasteiger charge is 2.18. The summed E-state index contributed by atoms with van der Waals surface area (Å²) in [5.41, 5.74) is 3.16. The molecule has 4 aromatic rings. The van der Waals surface area contributed by atoms with Crippen LogP contribution in [-0.2, 0) is 7.05 Å². The fourth-order valence-electron chi connectivity index (χ4n) is 2.80. The van der Waals surface area contributed by atoms with Gasteiger partial charge in [-0.1, -0.05) is 47.7 Å². The number of aromatic nitrogens is 4. The molecule has 4 rings (SSSR count). The maximum atomic E-state index is 11.9. The number of hydrogen-bond donors (Lipinski definition) is 0. The van der Waals surface area contributed by atoms with Crippen LogP contribution in [-0.4, -0.2) is 19.3 Å². The molecule has 114 valence electrons. The van der Waals surface area contributed by atoms with E-state index in [1.54, 1.807) is 17.9 Å². The van der Waals surface area contributed by atoms with E-state index in [1.165, 1.54) is 17.7 Å². The molecule has 0 radical (unpaired) electrons. The van der Waals surface area contributed by atoms with Gasteiger partial charge in [0.05, 0.1) is 10.2 Å². The lowest BCUT2D eigenvalue weighted by Crippen LogP contribution is -2.12. The van der Waals surface area contributed by atoms with E-state index in [-0.39, 0.29) is 10.9 Å². The maximum Gasteiger partial charge on any atom is 0.307 e. The zero-order valence-electron chi connectivity index (χ0n) is 12.5. The Morgan fingerprint density at radius 3 is 2.65 bits per heavy atom. The first kappa shape index (κ1) is 13.9. The average molecular weight is 322 g/mol. The Morgan fingerprint density at radius 2 is 1.91 bits per heavy atom. The monoisotopic (exact) mass is 322 g/mol. The van der Waals surface area contributed by atoms with E-state index in [2.05, 4.69) is 28.3 Å². The predicted molar refractivity (Wildman–Crippen MR) is 90.8 cm³/mol. The molecule has 0 amide bonds. The van der Waals surface area contributed by atoms with Crippen LogP contribution in [0.15, 0.2) is 66.0 Å². The van der Waals surface area contributed by atoms with Crippen LogP contribution < -0.4 is 4.87 Å². The highest BCUT2D eigenvalue weighted by Crippen LogP contribution is 2.29. The molecule has 0 aliphatic heterocycles. The lowest BCUT2D eigenvalue weighted by atomic mass is 9.99. The second-order valence-electron chi connectivity index (χ2n) is 5.34. The van der Waals surface area contributed by atoms with Gasteiger partial charge in [0, 0.05) is 7.05 Å². The molecule has 0 aliphatic rings. The van der Waals surface area contributed by atoms with Gasteiger partial charge in [-0.2, -0.15) is 5.10 Å². The third-order valence-electron chi connectivity index (χ3n) is 3.95. The van der Waals surface area contributed by atoms with Crippen LogP contribution in [0, 0.1) is 0 Å². The number of benzene rings is 2. The van der Waals surface area contributed by atoms with Gasteiger partial charge < -0.3 is 4.57 Å². The standard InChI is InChI=1S/C17H14N4OS/c1-20-14-8-7-13(9-15(14)23-17(20)22)16(21-11-18-10-19-21)12-5-3-2-4-6-12/h2-11,16H,1H3. The molecule has 0 spiro atoms. The molecule has 0 bridgehead atoms. The van der Waals surface area contributed by atoms with Gasteiger partial charge in [-0.05, 0) is 23.3 Å². The summed E-state index contributed by atoms with van der Waals surface area (Å²) < 4.78 is 4.50. The van der Waals surface area contributed by atoms with Gasteiger partial charge >= 0.3 is 4.87 Å². The summed E-state index contributed by atoms with van der Waals surface area (Å²) in [6.45, 7) is 0. The Morgan fingerprint density at radius 1 is 1.09 bits per heavy atom. The largest absolute Gasteiger partial charge is 0.307 e. The van der Waals surface area contributed by atoms with Crippen LogP contribution in [0.2, 0.25) is 0 Å². The molecule has 0 fully saturated rings. The number of thiazole rings is 1. The minimum atomic E-state index is -0.0643. The summed E-state index contributed by atoms with van der Waals surface area (Å²) in [6, 6.07) is 16.2. The van der Waals surface area contributed by atoms with Crippen molar-refractivity contribution < 1.29 is 0 Å². The quantitative estimate of drug-likeness (QED) is 0.583. The van der Waals surface area contributed by atoms with Crippen LogP contribution in [0.1, 0.15) is 17.2 Å². The van der Waals surface area contributed by atoms with Crippen molar-refractivity contribution in [3.63, 3.8) is 0 Å². The van der Waals surface area contributed by atoms with E-state index in [0.717, 1.165) is 21.3 Å². The molecule has 0 saturated heterocycles. The fourth-order valence-corrected chi connectivity index (χ4v) is 3.73. The second kappa shape index (κ2) is 5.48. The highest BCUT2D eigenvalue weighted by atomic mass is 32.1. The van der Waals surface area contributed by atoms with Crippen LogP contribution in [0.4, 0.5) is 0 Å². The summed E-state index contributed by atoms with van der Waals surface area (Å²) in [5, 5.41) is 4.31. The second-order valence-corrected chi connectivity index (χ2v) is 6.34. The van der Waals surface area contributed by atoms with Crippen molar-refractivity contribution in [1.82, 2.24) is 19.3 Å². The van der Waals surface area contributed by atoms with E-state index in [0.29, 0.717) is 0 Å². The van der Waals surface area contributed by atoms with E-state index in [4.69, 9.17) is 0 Å². The zero-order valence-corrected chi connectivity index (χ0v) is 13.3. The fraction of sp³-hybridized carbons (Fsp3) is 0.118. The highest BCUT2D eigenvalue weighted by molar-refractivity contribution is 7.16. The summed E-state index contributed by atoms with van der Waals surface area (Å²) in [7, 11) is 1.80. The minimum absolute atomic E-state index is 0.0502. The van der Waals surface area contributed by atoms with Crippen LogP contribution in [0.3, 0.4) is 0 Å². The van der Waals surface area contributed by atoms with Gasteiger partial charge in [-0.25, -0.2) is 9.67 Å². The zero-order chi connectivity index (χ0) is 15.8. The van der Waals surface area contributed by atoms with Gasteiger partial charge in [-0.3, -0.25) is 4.79 Å². The first-order valence-electron chi connectivity index (χ1n) is 7.22. The molecule has 2 aromatic heterocycles. The molecule has 1 atom stereocenters. The van der Waals surface area contributed by atoms with Gasteiger partial charge in [0.2, 0.25) is 0 Å². The number of rotatable bonds is 3. The topological polar surface area (TPSA) is 52.7 Å². The average Bonchev–Trinajstić information content (AvgIpc) is 3.18. The lowest BCUT2D eigenvalue weighted by Gasteiger charge is -2.18. The van der Waals surface area contributed by atoms with Crippen LogP contribution in [0.5, 0.6) is 0 Å². The SMILES string of the molecule is Cn1c(=O)sc2cc(C(c3ccccc3)n3cncn3)ccc21. The molecule has 2 heterocycles. The molecule has 5 nitrogen and oxygen atoms in total. The van der Waals surface area contributed by atoms with Crippen LogP contribution >= 0.6 is 11.3 Å². The van der Waals surface area contributed by atoms with E-state index >= 15 is 0 Å². The smallest absolute Gasteiger partial charge is 0.302 e. The van der Waals surface area contributed by atoms with Crippen molar-refractivity contribution in [2.45, 2.75) is 6.04 Å². The molecule has 0 N–H and O–H groups in total. The normalized spacial score (nSPS) is 12.6. The van der Waals surface area contributed by atoms with Gasteiger partial charge in [0.25, 0.3) is 0 Å². The number of hydrogen-bond acceptors (Lipinski definition) is 4. The maximum absolute atomic E-state index is 11.9. The van der Waals surface area contributed by atoms with Gasteiger partial charge in [0.15, 0.2) is 0 Å². The Bertz CT molecular complexity index is 1000. The van der Waals surface area contributed by atoms with Crippen molar-refractivity contribution in [1.29, 1.82) is 0 Å². The van der Waals surface area contributed by atoms with E-state index in [1.807, 2.05) is 35.0 Å². The summed E-state index contributed by atoms with van der Waals surface area (Å²) >= 11 is 1.26.